The van der Waals surface area contributed by atoms with Crippen molar-refractivity contribution < 1.29 is 14.3 Å². The first-order valence-corrected chi connectivity index (χ1v) is 8.82. The minimum Gasteiger partial charge on any atom is -0.465 e. The zero-order valence-corrected chi connectivity index (χ0v) is 15.1. The number of ether oxygens (including phenoxy) is 1. The third kappa shape index (κ3) is 4.63. The van der Waals surface area contributed by atoms with Crippen molar-refractivity contribution in [1.82, 2.24) is 20.6 Å². The second-order valence-electron chi connectivity index (χ2n) is 6.00. The van der Waals surface area contributed by atoms with Gasteiger partial charge < -0.3 is 20.4 Å². The number of pyridine rings is 1. The average molecular weight is 366 g/mol. The molecule has 0 unspecified atom stereocenters. The number of nitrogens with one attached hydrogen (secondary N) is 3. The fourth-order valence-electron chi connectivity index (χ4n) is 2.99. The molecular formula is C20H22N4O3. The number of aromatic amines is 1. The summed E-state index contributed by atoms with van der Waals surface area (Å²) in [6.45, 7) is 2.20. The molecule has 7 heteroatoms. The zero-order valence-electron chi connectivity index (χ0n) is 15.1. The van der Waals surface area contributed by atoms with Gasteiger partial charge in [-0.05, 0) is 30.2 Å². The number of aromatic nitrogens is 2. The number of nitrogens with zero attached hydrogens (tertiary/aromatic N) is 1. The van der Waals surface area contributed by atoms with Gasteiger partial charge in [0.25, 0.3) is 0 Å². The highest BCUT2D eigenvalue weighted by atomic mass is 16.5. The molecule has 2 aromatic heterocycles. The van der Waals surface area contributed by atoms with Crippen molar-refractivity contribution in [3.05, 3.63) is 66.1 Å². The largest absolute Gasteiger partial charge is 0.465 e. The van der Waals surface area contributed by atoms with Crippen LogP contribution in [0.4, 0.5) is 4.79 Å². The third-order valence-corrected chi connectivity index (χ3v) is 4.25. The molecule has 7 nitrogen and oxygen atoms in total. The van der Waals surface area contributed by atoms with Gasteiger partial charge >= 0.3 is 12.0 Å². The summed E-state index contributed by atoms with van der Waals surface area (Å²) in [6.07, 6.45) is 5.47. The number of hydrogen-bond donors (Lipinski definition) is 3. The number of carbonyl (C=O) groups is 2. The maximum absolute atomic E-state index is 12.1. The fourth-order valence-corrected chi connectivity index (χ4v) is 2.99. The third-order valence-electron chi connectivity index (χ3n) is 4.25. The number of amides is 2. The maximum Gasteiger partial charge on any atom is 0.325 e. The molecule has 0 aliphatic rings. The summed E-state index contributed by atoms with van der Waals surface area (Å²) in [7, 11) is 0. The summed E-state index contributed by atoms with van der Waals surface area (Å²) in [5.74, 6) is -0.545. The second kappa shape index (κ2) is 8.84. The van der Waals surface area contributed by atoms with Gasteiger partial charge in [0.1, 0.15) is 6.54 Å². The predicted octanol–water partition coefficient (Wildman–Crippen LogP) is 2.56. The molecule has 0 aliphatic carbocycles. The van der Waals surface area contributed by atoms with Crippen LogP contribution in [-0.4, -0.2) is 41.7 Å². The smallest absolute Gasteiger partial charge is 0.325 e. The number of carbonyl (C=O) groups excluding carboxylic acids is 2. The van der Waals surface area contributed by atoms with Crippen LogP contribution >= 0.6 is 0 Å². The van der Waals surface area contributed by atoms with Gasteiger partial charge in [-0.2, -0.15) is 0 Å². The lowest BCUT2D eigenvalue weighted by atomic mass is 9.92. The zero-order chi connectivity index (χ0) is 19.1. The monoisotopic (exact) mass is 366 g/mol. The van der Waals surface area contributed by atoms with Gasteiger partial charge in [0, 0.05) is 42.0 Å². The molecule has 3 aromatic rings. The van der Waals surface area contributed by atoms with E-state index in [1.165, 1.54) is 0 Å². The van der Waals surface area contributed by atoms with E-state index >= 15 is 0 Å². The molecule has 27 heavy (non-hydrogen) atoms. The van der Waals surface area contributed by atoms with Crippen molar-refractivity contribution in [3.63, 3.8) is 0 Å². The van der Waals surface area contributed by atoms with Crippen LogP contribution in [0.2, 0.25) is 0 Å². The maximum atomic E-state index is 12.1. The summed E-state index contributed by atoms with van der Waals surface area (Å²) in [5, 5.41) is 6.44. The van der Waals surface area contributed by atoms with Crippen LogP contribution in [0.15, 0.2) is 55.0 Å². The number of benzene rings is 1. The van der Waals surface area contributed by atoms with Gasteiger partial charge in [-0.25, -0.2) is 4.79 Å². The summed E-state index contributed by atoms with van der Waals surface area (Å²) in [4.78, 5) is 30.9. The number of urea groups is 1. The van der Waals surface area contributed by atoms with Crippen LogP contribution in [0.25, 0.3) is 10.9 Å². The number of rotatable bonds is 7. The topological polar surface area (TPSA) is 96.1 Å². The molecule has 0 saturated heterocycles. The first-order chi connectivity index (χ1) is 13.2. The number of H-pyrrole nitrogens is 1. The number of hydrogen-bond acceptors (Lipinski definition) is 4. The molecular weight excluding hydrogens is 344 g/mol. The normalized spacial score (nSPS) is 11.7. The Morgan fingerprint density at radius 1 is 1.19 bits per heavy atom. The van der Waals surface area contributed by atoms with E-state index in [4.69, 9.17) is 4.74 Å². The van der Waals surface area contributed by atoms with Crippen LogP contribution in [0.3, 0.4) is 0 Å². The second-order valence-corrected chi connectivity index (χ2v) is 6.00. The van der Waals surface area contributed by atoms with Gasteiger partial charge in [0.05, 0.1) is 6.61 Å². The molecule has 0 fully saturated rings. The van der Waals surface area contributed by atoms with Gasteiger partial charge in [0.2, 0.25) is 0 Å². The van der Waals surface area contributed by atoms with Crippen LogP contribution in [0, 0.1) is 0 Å². The molecule has 2 amide bonds. The average Bonchev–Trinajstić information content (AvgIpc) is 3.12. The van der Waals surface area contributed by atoms with Crippen molar-refractivity contribution in [2.24, 2.45) is 0 Å². The summed E-state index contributed by atoms with van der Waals surface area (Å²) in [5.41, 5.74) is 3.10. The molecule has 1 atom stereocenters. The van der Waals surface area contributed by atoms with Gasteiger partial charge in [-0.15, -0.1) is 0 Å². The molecule has 0 aliphatic heterocycles. The molecule has 0 radical (unpaired) electrons. The summed E-state index contributed by atoms with van der Waals surface area (Å²) >= 11 is 0. The molecule has 2 heterocycles. The molecule has 0 spiro atoms. The first-order valence-electron chi connectivity index (χ1n) is 8.82. The van der Waals surface area contributed by atoms with E-state index in [1.807, 2.05) is 42.6 Å². The van der Waals surface area contributed by atoms with Crippen molar-refractivity contribution >= 4 is 22.9 Å². The Morgan fingerprint density at radius 3 is 2.81 bits per heavy atom. The summed E-state index contributed by atoms with van der Waals surface area (Å²) < 4.78 is 4.80. The van der Waals surface area contributed by atoms with E-state index in [0.29, 0.717) is 6.54 Å². The minimum atomic E-state index is -0.465. The van der Waals surface area contributed by atoms with E-state index < -0.39 is 12.0 Å². The molecule has 0 bridgehead atoms. The van der Waals surface area contributed by atoms with E-state index in [1.54, 1.807) is 19.3 Å². The number of esters is 1. The van der Waals surface area contributed by atoms with Crippen molar-refractivity contribution in [3.8, 4) is 0 Å². The van der Waals surface area contributed by atoms with E-state index in [9.17, 15) is 9.59 Å². The van der Waals surface area contributed by atoms with E-state index in [-0.39, 0.29) is 19.1 Å². The SMILES string of the molecule is CCOC(=O)CNC(=O)NC[C@@H](c1cccnc1)c1c[nH]c2ccccc12. The molecule has 0 saturated carbocycles. The van der Waals surface area contributed by atoms with Gasteiger partial charge in [-0.3, -0.25) is 9.78 Å². The van der Waals surface area contributed by atoms with Crippen LogP contribution in [-0.2, 0) is 9.53 Å². The van der Waals surface area contributed by atoms with Crippen molar-refractivity contribution in [1.29, 1.82) is 0 Å². The van der Waals surface area contributed by atoms with Crippen molar-refractivity contribution in [2.75, 3.05) is 19.7 Å². The standard InChI is InChI=1S/C20H22N4O3/c1-2-27-19(25)13-24-20(26)23-11-16(14-6-5-9-21-10-14)17-12-22-18-8-4-3-7-15(17)18/h3-10,12,16,22H,2,11,13H2,1H3,(H2,23,24,26)/t16-/m0/s1. The van der Waals surface area contributed by atoms with Crippen LogP contribution in [0.5, 0.6) is 0 Å². The minimum absolute atomic E-state index is 0.0804. The summed E-state index contributed by atoms with van der Waals surface area (Å²) in [6, 6.07) is 11.5. The Bertz CT molecular complexity index is 908. The number of fused-ring (bicyclic) bond motifs is 1. The van der Waals surface area contributed by atoms with Gasteiger partial charge in [0.15, 0.2) is 0 Å². The van der Waals surface area contributed by atoms with E-state index in [0.717, 1.165) is 22.0 Å². The highest BCUT2D eigenvalue weighted by molar-refractivity contribution is 5.84. The van der Waals surface area contributed by atoms with Gasteiger partial charge in [-0.1, -0.05) is 24.3 Å². The quantitative estimate of drug-likeness (QED) is 0.560. The van der Waals surface area contributed by atoms with Crippen LogP contribution in [0.1, 0.15) is 24.0 Å². The highest BCUT2D eigenvalue weighted by Gasteiger charge is 2.19. The molecule has 3 N–H and O–H groups in total. The lowest BCUT2D eigenvalue weighted by Crippen LogP contribution is -2.40. The molecule has 140 valence electrons. The number of para-hydroxylation sites is 1. The lowest BCUT2D eigenvalue weighted by Gasteiger charge is -2.18. The first kappa shape index (κ1) is 18.4. The predicted molar refractivity (Wildman–Crippen MR) is 102 cm³/mol. The van der Waals surface area contributed by atoms with Crippen molar-refractivity contribution in [2.45, 2.75) is 12.8 Å². The van der Waals surface area contributed by atoms with Crippen LogP contribution < -0.4 is 10.6 Å². The Balaban J connectivity index is 1.74. The Hall–Kier alpha value is -3.35. The fraction of sp³-hybridized carbons (Fsp3) is 0.250. The van der Waals surface area contributed by atoms with E-state index in [2.05, 4.69) is 20.6 Å². The lowest BCUT2D eigenvalue weighted by molar-refractivity contribution is -0.141. The molecule has 1 aromatic carbocycles. The highest BCUT2D eigenvalue weighted by Crippen LogP contribution is 2.30. The molecule has 3 rings (SSSR count). The Kier molecular flexibility index (Phi) is 6.04. The Morgan fingerprint density at radius 2 is 2.04 bits per heavy atom. The Labute approximate surface area is 157 Å².